The summed E-state index contributed by atoms with van der Waals surface area (Å²) < 4.78 is 0. The predicted molar refractivity (Wildman–Crippen MR) is 84.6 cm³/mol. The van der Waals surface area contributed by atoms with E-state index in [1.807, 2.05) is 0 Å². The molecule has 0 aromatic heterocycles. The molecule has 0 spiro atoms. The molecule has 2 heteroatoms. The zero-order valence-electron chi connectivity index (χ0n) is 12.7. The van der Waals surface area contributed by atoms with Gasteiger partial charge in [-0.05, 0) is 49.8 Å². The van der Waals surface area contributed by atoms with Crippen LogP contribution in [0, 0.1) is 11.8 Å². The predicted octanol–water partition coefficient (Wildman–Crippen LogP) is 3.29. The highest BCUT2D eigenvalue weighted by Crippen LogP contribution is 2.30. The normalized spacial score (nSPS) is 31.6. The van der Waals surface area contributed by atoms with E-state index in [9.17, 15) is 0 Å². The minimum atomic E-state index is 0.776. The van der Waals surface area contributed by atoms with E-state index in [-0.39, 0.29) is 0 Å². The van der Waals surface area contributed by atoms with Crippen LogP contribution in [-0.2, 0) is 6.54 Å². The second kappa shape index (κ2) is 6.73. The van der Waals surface area contributed by atoms with Gasteiger partial charge in [-0.25, -0.2) is 0 Å². The molecule has 2 aliphatic rings. The first kappa shape index (κ1) is 14.1. The van der Waals surface area contributed by atoms with Gasteiger partial charge in [0.25, 0.3) is 0 Å². The van der Waals surface area contributed by atoms with Gasteiger partial charge < -0.3 is 5.32 Å². The molecule has 0 bridgehead atoms. The smallest absolute Gasteiger partial charge is 0.0233 e. The molecule has 0 saturated carbocycles. The molecule has 0 aliphatic carbocycles. The molecule has 2 heterocycles. The molecule has 0 amide bonds. The van der Waals surface area contributed by atoms with Gasteiger partial charge in [-0.3, -0.25) is 4.90 Å². The molecular weight excluding hydrogens is 244 g/mol. The molecule has 2 saturated heterocycles. The summed E-state index contributed by atoms with van der Waals surface area (Å²) >= 11 is 0. The highest BCUT2D eigenvalue weighted by atomic mass is 15.1. The molecule has 1 N–H and O–H groups in total. The van der Waals surface area contributed by atoms with Crippen LogP contribution >= 0.6 is 0 Å². The molecule has 2 fully saturated rings. The van der Waals surface area contributed by atoms with Gasteiger partial charge in [-0.1, -0.05) is 43.7 Å². The zero-order valence-corrected chi connectivity index (χ0v) is 12.7. The van der Waals surface area contributed by atoms with Gasteiger partial charge in [-0.15, -0.1) is 0 Å². The lowest BCUT2D eigenvalue weighted by Crippen LogP contribution is -2.45. The molecule has 2 nitrogen and oxygen atoms in total. The first-order valence-electron chi connectivity index (χ1n) is 8.36. The largest absolute Gasteiger partial charge is 0.313 e. The topological polar surface area (TPSA) is 15.3 Å². The van der Waals surface area contributed by atoms with Crippen LogP contribution in [0.3, 0.4) is 0 Å². The Balaban J connectivity index is 1.59. The summed E-state index contributed by atoms with van der Waals surface area (Å²) in [5, 5.41) is 3.79. The van der Waals surface area contributed by atoms with Gasteiger partial charge in [-0.2, -0.15) is 0 Å². The van der Waals surface area contributed by atoms with Crippen LogP contribution in [0.1, 0.15) is 38.2 Å². The van der Waals surface area contributed by atoms with E-state index in [1.165, 1.54) is 50.9 Å². The Morgan fingerprint density at radius 2 is 2.05 bits per heavy atom. The van der Waals surface area contributed by atoms with Crippen molar-refractivity contribution in [2.24, 2.45) is 11.8 Å². The molecular formula is C18H28N2. The second-order valence-corrected chi connectivity index (χ2v) is 6.56. The molecule has 3 atom stereocenters. The van der Waals surface area contributed by atoms with Gasteiger partial charge >= 0.3 is 0 Å². The molecule has 3 rings (SSSR count). The average molecular weight is 272 g/mol. The van der Waals surface area contributed by atoms with Crippen LogP contribution in [0.15, 0.2) is 30.3 Å². The minimum Gasteiger partial charge on any atom is -0.313 e. The summed E-state index contributed by atoms with van der Waals surface area (Å²) in [5.41, 5.74) is 1.46. The fraction of sp³-hybridized carbons (Fsp3) is 0.667. The van der Waals surface area contributed by atoms with Crippen LogP contribution in [0.5, 0.6) is 0 Å². The number of nitrogens with one attached hydrogen (secondary N) is 1. The third-order valence-electron chi connectivity index (χ3n) is 5.23. The van der Waals surface area contributed by atoms with Gasteiger partial charge in [0.1, 0.15) is 0 Å². The summed E-state index contributed by atoms with van der Waals surface area (Å²) in [5.74, 6) is 1.77. The maximum atomic E-state index is 3.79. The number of piperidine rings is 1. The fourth-order valence-electron chi connectivity index (χ4n) is 4.16. The highest BCUT2D eigenvalue weighted by Gasteiger charge is 2.34. The van der Waals surface area contributed by atoms with Gasteiger partial charge in [0.2, 0.25) is 0 Å². The third kappa shape index (κ3) is 3.24. The van der Waals surface area contributed by atoms with E-state index < -0.39 is 0 Å². The van der Waals surface area contributed by atoms with Crippen molar-refractivity contribution in [3.05, 3.63) is 35.9 Å². The van der Waals surface area contributed by atoms with Gasteiger partial charge in [0.15, 0.2) is 0 Å². The Kier molecular flexibility index (Phi) is 4.74. The number of rotatable bonds is 4. The van der Waals surface area contributed by atoms with Crippen molar-refractivity contribution in [2.45, 2.75) is 45.2 Å². The molecule has 20 heavy (non-hydrogen) atoms. The van der Waals surface area contributed by atoms with Crippen LogP contribution < -0.4 is 5.32 Å². The minimum absolute atomic E-state index is 0.776. The quantitative estimate of drug-likeness (QED) is 0.905. The van der Waals surface area contributed by atoms with Crippen molar-refractivity contribution in [2.75, 3.05) is 19.6 Å². The highest BCUT2D eigenvalue weighted by molar-refractivity contribution is 5.14. The summed E-state index contributed by atoms with van der Waals surface area (Å²) in [6, 6.07) is 11.7. The number of likely N-dealkylation sites (tertiary alicyclic amines) is 1. The number of hydrogen-bond acceptors (Lipinski definition) is 2. The lowest BCUT2D eigenvalue weighted by atomic mass is 9.83. The van der Waals surface area contributed by atoms with Crippen molar-refractivity contribution in [3.8, 4) is 0 Å². The first-order chi connectivity index (χ1) is 9.86. The van der Waals surface area contributed by atoms with E-state index in [0.717, 1.165) is 24.4 Å². The first-order valence-corrected chi connectivity index (χ1v) is 8.36. The number of benzene rings is 1. The van der Waals surface area contributed by atoms with Crippen LogP contribution in [-0.4, -0.2) is 30.6 Å². The zero-order chi connectivity index (χ0) is 13.8. The van der Waals surface area contributed by atoms with Crippen molar-refractivity contribution >= 4 is 0 Å². The Labute approximate surface area is 123 Å². The molecule has 2 aliphatic heterocycles. The molecule has 1 aromatic carbocycles. The van der Waals surface area contributed by atoms with E-state index in [4.69, 9.17) is 0 Å². The van der Waals surface area contributed by atoms with Crippen molar-refractivity contribution in [3.63, 3.8) is 0 Å². The average Bonchev–Trinajstić information content (AvgIpc) is 2.97. The van der Waals surface area contributed by atoms with Crippen LogP contribution in [0.4, 0.5) is 0 Å². The molecule has 110 valence electrons. The number of nitrogens with zero attached hydrogens (tertiary/aromatic N) is 1. The SMILES string of the molecule is CCC1CCNC1C1CCCN(Cc2ccccc2)C1. The maximum absolute atomic E-state index is 3.79. The van der Waals surface area contributed by atoms with E-state index in [2.05, 4.69) is 47.5 Å². The second-order valence-electron chi connectivity index (χ2n) is 6.56. The summed E-state index contributed by atoms with van der Waals surface area (Å²) in [4.78, 5) is 2.66. The number of hydrogen-bond donors (Lipinski definition) is 1. The van der Waals surface area contributed by atoms with E-state index >= 15 is 0 Å². The summed E-state index contributed by atoms with van der Waals surface area (Å²) in [6.45, 7) is 7.27. The third-order valence-corrected chi connectivity index (χ3v) is 5.23. The Hall–Kier alpha value is -0.860. The molecule has 0 radical (unpaired) electrons. The Bertz CT molecular complexity index is 403. The molecule has 3 unspecified atom stereocenters. The summed E-state index contributed by atoms with van der Waals surface area (Å²) in [7, 11) is 0. The van der Waals surface area contributed by atoms with E-state index in [1.54, 1.807) is 0 Å². The van der Waals surface area contributed by atoms with Gasteiger partial charge in [0.05, 0.1) is 0 Å². The fourth-order valence-corrected chi connectivity index (χ4v) is 4.16. The van der Waals surface area contributed by atoms with E-state index in [0.29, 0.717) is 0 Å². The Morgan fingerprint density at radius 1 is 1.20 bits per heavy atom. The standard InChI is InChI=1S/C18H28N2/c1-2-16-10-11-19-18(16)17-9-6-12-20(14-17)13-15-7-4-3-5-8-15/h3-5,7-8,16-19H,2,6,9-14H2,1H3. The molecule has 1 aromatic rings. The van der Waals surface area contributed by atoms with Crippen molar-refractivity contribution < 1.29 is 0 Å². The monoisotopic (exact) mass is 272 g/mol. The lowest BCUT2D eigenvalue weighted by Gasteiger charge is -2.37. The van der Waals surface area contributed by atoms with Gasteiger partial charge in [0, 0.05) is 19.1 Å². The van der Waals surface area contributed by atoms with Crippen molar-refractivity contribution in [1.82, 2.24) is 10.2 Å². The van der Waals surface area contributed by atoms with Crippen LogP contribution in [0.2, 0.25) is 0 Å². The maximum Gasteiger partial charge on any atom is 0.0233 e. The summed E-state index contributed by atoms with van der Waals surface area (Å²) in [6.07, 6.45) is 5.51. The van der Waals surface area contributed by atoms with Crippen molar-refractivity contribution in [1.29, 1.82) is 0 Å². The lowest BCUT2D eigenvalue weighted by molar-refractivity contribution is 0.131. The van der Waals surface area contributed by atoms with Crippen LogP contribution in [0.25, 0.3) is 0 Å². The Morgan fingerprint density at radius 3 is 2.85 bits per heavy atom.